The number of nitrogens with zero attached hydrogens (tertiary/aromatic N) is 2. The summed E-state index contributed by atoms with van der Waals surface area (Å²) < 4.78 is 0. The molecule has 2 rings (SSSR count). The van der Waals surface area contributed by atoms with Crippen LogP contribution in [0.25, 0.3) is 10.9 Å². The minimum absolute atomic E-state index is 0.650. The Bertz CT molecular complexity index is 628. The molecule has 0 saturated carbocycles. The summed E-state index contributed by atoms with van der Waals surface area (Å²) in [6, 6.07) is 12.0. The summed E-state index contributed by atoms with van der Waals surface area (Å²) in [6.07, 6.45) is 6.56. The Morgan fingerprint density at radius 1 is 1.15 bits per heavy atom. The van der Waals surface area contributed by atoms with Crippen LogP contribution in [0, 0.1) is 11.3 Å². The number of aryl methyl sites for hydroxylation is 1. The van der Waals surface area contributed by atoms with Crippen molar-refractivity contribution in [3.63, 3.8) is 0 Å². The van der Waals surface area contributed by atoms with E-state index in [0.717, 1.165) is 55.0 Å². The summed E-state index contributed by atoms with van der Waals surface area (Å²) in [7, 11) is 0. The molecule has 0 bridgehead atoms. The van der Waals surface area contributed by atoms with Gasteiger partial charge in [-0.05, 0) is 31.4 Å². The molecular formula is C17H18N2O. The Balaban J connectivity index is 2.01. The molecule has 0 unspecified atom stereocenters. The predicted molar refractivity (Wildman–Crippen MR) is 79.3 cm³/mol. The highest BCUT2D eigenvalue weighted by Gasteiger charge is 2.06. The fourth-order valence-electron chi connectivity index (χ4n) is 2.32. The van der Waals surface area contributed by atoms with Gasteiger partial charge in [-0.2, -0.15) is 5.26 Å². The Morgan fingerprint density at radius 3 is 2.75 bits per heavy atom. The van der Waals surface area contributed by atoms with Crippen LogP contribution in [0.4, 0.5) is 0 Å². The first kappa shape index (κ1) is 14.2. The van der Waals surface area contributed by atoms with Gasteiger partial charge in [0.2, 0.25) is 0 Å². The lowest BCUT2D eigenvalue weighted by Gasteiger charge is -2.05. The van der Waals surface area contributed by atoms with E-state index in [1.54, 1.807) is 0 Å². The van der Waals surface area contributed by atoms with E-state index in [2.05, 4.69) is 11.1 Å². The van der Waals surface area contributed by atoms with Gasteiger partial charge in [-0.25, -0.2) is 0 Å². The molecule has 1 heterocycles. The van der Waals surface area contributed by atoms with Gasteiger partial charge in [-0.3, -0.25) is 4.98 Å². The molecule has 0 atom stereocenters. The van der Waals surface area contributed by atoms with Gasteiger partial charge in [-0.15, -0.1) is 0 Å². The van der Waals surface area contributed by atoms with Crippen molar-refractivity contribution in [2.24, 2.45) is 0 Å². The van der Waals surface area contributed by atoms with E-state index in [1.165, 1.54) is 0 Å². The molecule has 0 spiro atoms. The third-order valence-corrected chi connectivity index (χ3v) is 3.41. The van der Waals surface area contributed by atoms with Crippen LogP contribution in [0.5, 0.6) is 0 Å². The normalized spacial score (nSPS) is 10.3. The SMILES string of the molecule is N#Cc1cc2ccccc2nc1CCCCCCC=O. The van der Waals surface area contributed by atoms with Crippen LogP contribution in [0.1, 0.15) is 43.4 Å². The van der Waals surface area contributed by atoms with Gasteiger partial charge in [-0.1, -0.05) is 31.0 Å². The van der Waals surface area contributed by atoms with Crippen LogP contribution in [-0.4, -0.2) is 11.3 Å². The Kier molecular flexibility index (Phi) is 5.25. The van der Waals surface area contributed by atoms with E-state index >= 15 is 0 Å². The summed E-state index contributed by atoms with van der Waals surface area (Å²) in [4.78, 5) is 14.8. The van der Waals surface area contributed by atoms with E-state index in [0.29, 0.717) is 12.0 Å². The van der Waals surface area contributed by atoms with E-state index in [-0.39, 0.29) is 0 Å². The number of nitriles is 1. The monoisotopic (exact) mass is 266 g/mol. The lowest BCUT2D eigenvalue weighted by Crippen LogP contribution is -1.96. The third kappa shape index (κ3) is 3.64. The maximum absolute atomic E-state index is 10.2. The second-order valence-electron chi connectivity index (χ2n) is 4.91. The number of aldehydes is 1. The fourth-order valence-corrected chi connectivity index (χ4v) is 2.32. The zero-order chi connectivity index (χ0) is 14.2. The standard InChI is InChI=1S/C17H18N2O/c18-13-15-12-14-8-5-6-10-16(14)19-17(15)9-4-2-1-3-7-11-20/h5-6,8,10-12H,1-4,7,9H2. The Hall–Kier alpha value is -2.21. The summed E-state index contributed by atoms with van der Waals surface area (Å²) in [5.41, 5.74) is 2.51. The summed E-state index contributed by atoms with van der Waals surface area (Å²) in [6.45, 7) is 0. The number of hydrogen-bond donors (Lipinski definition) is 0. The highest BCUT2D eigenvalue weighted by Crippen LogP contribution is 2.18. The maximum atomic E-state index is 10.2. The van der Waals surface area contributed by atoms with Crippen molar-refractivity contribution in [1.82, 2.24) is 4.98 Å². The van der Waals surface area contributed by atoms with Crippen molar-refractivity contribution in [2.75, 3.05) is 0 Å². The van der Waals surface area contributed by atoms with E-state index in [1.807, 2.05) is 30.3 Å². The molecule has 0 aliphatic heterocycles. The van der Waals surface area contributed by atoms with E-state index < -0.39 is 0 Å². The van der Waals surface area contributed by atoms with Gasteiger partial charge in [0.15, 0.2) is 0 Å². The second-order valence-corrected chi connectivity index (χ2v) is 4.91. The molecule has 1 aromatic heterocycles. The zero-order valence-corrected chi connectivity index (χ0v) is 11.5. The minimum atomic E-state index is 0.650. The highest BCUT2D eigenvalue weighted by molar-refractivity contribution is 5.80. The van der Waals surface area contributed by atoms with Crippen LogP contribution in [0.2, 0.25) is 0 Å². The van der Waals surface area contributed by atoms with Crippen molar-refractivity contribution < 1.29 is 4.79 Å². The van der Waals surface area contributed by atoms with Gasteiger partial charge in [0.05, 0.1) is 16.8 Å². The molecule has 3 nitrogen and oxygen atoms in total. The largest absolute Gasteiger partial charge is 0.303 e. The first-order valence-corrected chi connectivity index (χ1v) is 7.07. The quantitative estimate of drug-likeness (QED) is 0.565. The fraction of sp³-hybridized carbons (Fsp3) is 0.353. The highest BCUT2D eigenvalue weighted by atomic mass is 16.1. The maximum Gasteiger partial charge on any atom is 0.119 e. The first-order chi connectivity index (χ1) is 9.85. The zero-order valence-electron chi connectivity index (χ0n) is 11.5. The van der Waals surface area contributed by atoms with Crippen molar-refractivity contribution in [1.29, 1.82) is 5.26 Å². The number of carbonyl (C=O) groups is 1. The molecule has 0 saturated heterocycles. The van der Waals surface area contributed by atoms with Crippen LogP contribution >= 0.6 is 0 Å². The van der Waals surface area contributed by atoms with Gasteiger partial charge in [0, 0.05) is 11.8 Å². The van der Waals surface area contributed by atoms with Gasteiger partial charge >= 0.3 is 0 Å². The summed E-state index contributed by atoms with van der Waals surface area (Å²) >= 11 is 0. The average Bonchev–Trinajstić information content (AvgIpc) is 2.50. The van der Waals surface area contributed by atoms with Gasteiger partial charge in [0.25, 0.3) is 0 Å². The van der Waals surface area contributed by atoms with E-state index in [4.69, 9.17) is 0 Å². The van der Waals surface area contributed by atoms with Crippen molar-refractivity contribution >= 4 is 17.2 Å². The van der Waals surface area contributed by atoms with E-state index in [9.17, 15) is 10.1 Å². The number of unbranched alkanes of at least 4 members (excludes halogenated alkanes) is 4. The molecule has 0 amide bonds. The van der Waals surface area contributed by atoms with Crippen LogP contribution < -0.4 is 0 Å². The van der Waals surface area contributed by atoms with Crippen LogP contribution in [-0.2, 0) is 11.2 Å². The Labute approximate surface area is 119 Å². The smallest absolute Gasteiger partial charge is 0.119 e. The van der Waals surface area contributed by atoms with Crippen molar-refractivity contribution in [3.8, 4) is 6.07 Å². The summed E-state index contributed by atoms with van der Waals surface area (Å²) in [5.74, 6) is 0. The molecule has 2 aromatic rings. The topological polar surface area (TPSA) is 53.8 Å². The molecule has 0 N–H and O–H groups in total. The molecule has 0 fully saturated rings. The molecular weight excluding hydrogens is 248 g/mol. The summed E-state index contributed by atoms with van der Waals surface area (Å²) in [5, 5.41) is 10.2. The molecule has 20 heavy (non-hydrogen) atoms. The number of pyridine rings is 1. The predicted octanol–water partition coefficient (Wildman–Crippen LogP) is 3.80. The number of para-hydroxylation sites is 1. The van der Waals surface area contributed by atoms with Crippen molar-refractivity contribution in [2.45, 2.75) is 38.5 Å². The molecule has 1 aromatic carbocycles. The number of hydrogen-bond acceptors (Lipinski definition) is 3. The minimum Gasteiger partial charge on any atom is -0.303 e. The Morgan fingerprint density at radius 2 is 1.95 bits per heavy atom. The molecule has 0 radical (unpaired) electrons. The average molecular weight is 266 g/mol. The lowest BCUT2D eigenvalue weighted by atomic mass is 10.0. The first-order valence-electron chi connectivity index (χ1n) is 7.07. The third-order valence-electron chi connectivity index (χ3n) is 3.41. The second kappa shape index (κ2) is 7.40. The lowest BCUT2D eigenvalue weighted by molar-refractivity contribution is -0.107. The van der Waals surface area contributed by atoms with Crippen molar-refractivity contribution in [3.05, 3.63) is 41.6 Å². The van der Waals surface area contributed by atoms with Crippen LogP contribution in [0.15, 0.2) is 30.3 Å². The number of fused-ring (bicyclic) bond motifs is 1. The van der Waals surface area contributed by atoms with Gasteiger partial charge < -0.3 is 4.79 Å². The van der Waals surface area contributed by atoms with Crippen LogP contribution in [0.3, 0.4) is 0 Å². The number of rotatable bonds is 7. The molecule has 3 heteroatoms. The number of carbonyl (C=O) groups excluding carboxylic acids is 1. The van der Waals surface area contributed by atoms with Gasteiger partial charge in [0.1, 0.15) is 12.4 Å². The number of aromatic nitrogens is 1. The molecule has 102 valence electrons. The number of benzene rings is 1. The molecule has 0 aliphatic rings. The molecule has 0 aliphatic carbocycles.